The van der Waals surface area contributed by atoms with Crippen LogP contribution in [-0.4, -0.2) is 28.0 Å². The first-order valence-electron chi connectivity index (χ1n) is 13.9. The van der Waals surface area contributed by atoms with Crippen LogP contribution >= 0.6 is 0 Å². The van der Waals surface area contributed by atoms with E-state index in [1.165, 1.54) is 36.9 Å². The number of hydrogen-bond donors (Lipinski definition) is 0. The van der Waals surface area contributed by atoms with Crippen LogP contribution in [0.25, 0.3) is 32.9 Å². The Morgan fingerprint density at radius 1 is 1.11 bits per heavy atom. The third-order valence-electron chi connectivity index (χ3n) is 7.98. The Kier molecular flexibility index (Phi) is 6.22. The quantitative estimate of drug-likeness (QED) is 0.275. The lowest BCUT2D eigenvalue weighted by Crippen LogP contribution is -2.27. The number of carbonyl (C=O) groups is 1. The van der Waals surface area contributed by atoms with Gasteiger partial charge in [-0.1, -0.05) is 18.9 Å². The van der Waals surface area contributed by atoms with Crippen molar-refractivity contribution in [3.63, 3.8) is 0 Å². The van der Waals surface area contributed by atoms with Gasteiger partial charge < -0.3 is 9.47 Å². The van der Waals surface area contributed by atoms with Crippen LogP contribution in [0.2, 0.25) is 0 Å². The lowest BCUT2D eigenvalue weighted by Gasteiger charge is -2.30. The van der Waals surface area contributed by atoms with Gasteiger partial charge in [0, 0.05) is 40.6 Å². The summed E-state index contributed by atoms with van der Waals surface area (Å²) >= 11 is 0. The van der Waals surface area contributed by atoms with Crippen molar-refractivity contribution in [2.75, 3.05) is 6.61 Å². The van der Waals surface area contributed by atoms with E-state index in [0.717, 1.165) is 56.2 Å². The Labute approximate surface area is 224 Å². The highest BCUT2D eigenvalue weighted by Crippen LogP contribution is 2.45. The largest absolute Gasteiger partial charge is 0.493 e. The standard InChI is InChI=1S/C33H36N2O3/c1-19-18-26-23(10-12-25(35-26)21-8-6-7-9-21)30(28(19)32(20(2)36)38-33(3,4)5)24-11-13-27-29-22(15-17-37-27)14-16-34-31(24)29/h10-14,16,18,21,32H,6-9,15,17H2,1-5H3/t32-/m1/s1. The summed E-state index contributed by atoms with van der Waals surface area (Å²) in [5, 5.41) is 2.08. The maximum Gasteiger partial charge on any atom is 0.163 e. The fourth-order valence-corrected chi connectivity index (χ4v) is 6.32. The Bertz CT molecular complexity index is 1550. The maximum atomic E-state index is 13.2. The zero-order valence-electron chi connectivity index (χ0n) is 23.1. The van der Waals surface area contributed by atoms with Gasteiger partial charge in [-0.15, -0.1) is 0 Å². The predicted molar refractivity (Wildman–Crippen MR) is 152 cm³/mol. The molecule has 38 heavy (non-hydrogen) atoms. The molecule has 1 aliphatic carbocycles. The van der Waals surface area contributed by atoms with Crippen molar-refractivity contribution in [3.8, 4) is 16.9 Å². The molecule has 2 aromatic heterocycles. The van der Waals surface area contributed by atoms with Crippen LogP contribution in [0.15, 0.2) is 42.6 Å². The molecule has 5 nitrogen and oxygen atoms in total. The lowest BCUT2D eigenvalue weighted by atomic mass is 9.85. The summed E-state index contributed by atoms with van der Waals surface area (Å²) < 4.78 is 12.5. The molecule has 0 saturated heterocycles. The van der Waals surface area contributed by atoms with Gasteiger partial charge in [-0.3, -0.25) is 14.8 Å². The first-order valence-corrected chi connectivity index (χ1v) is 13.9. The summed E-state index contributed by atoms with van der Waals surface area (Å²) in [6.45, 7) is 10.4. The maximum absolute atomic E-state index is 13.2. The molecule has 0 amide bonds. The van der Waals surface area contributed by atoms with Crippen LogP contribution in [0, 0.1) is 6.92 Å². The van der Waals surface area contributed by atoms with Gasteiger partial charge in [0.1, 0.15) is 11.9 Å². The number of hydrogen-bond acceptors (Lipinski definition) is 5. The van der Waals surface area contributed by atoms with E-state index in [1.807, 2.05) is 33.0 Å². The summed E-state index contributed by atoms with van der Waals surface area (Å²) in [5.74, 6) is 1.38. The van der Waals surface area contributed by atoms with Crippen LogP contribution in [0.3, 0.4) is 0 Å². The van der Waals surface area contributed by atoms with E-state index in [4.69, 9.17) is 19.4 Å². The number of rotatable bonds is 5. The van der Waals surface area contributed by atoms with Crippen LogP contribution in [0.4, 0.5) is 0 Å². The predicted octanol–water partition coefficient (Wildman–Crippen LogP) is 7.80. The minimum atomic E-state index is -0.703. The number of nitrogens with zero attached hydrogens (tertiary/aromatic N) is 2. The molecular formula is C33H36N2O3. The van der Waals surface area contributed by atoms with Gasteiger partial charge in [0.2, 0.25) is 0 Å². The fraction of sp³-hybridized carbons (Fsp3) is 0.424. The second kappa shape index (κ2) is 9.46. The van der Waals surface area contributed by atoms with E-state index in [2.05, 4.69) is 37.3 Å². The van der Waals surface area contributed by atoms with Crippen molar-refractivity contribution in [1.29, 1.82) is 0 Å². The molecule has 1 aliphatic heterocycles. The number of benzene rings is 2. The van der Waals surface area contributed by atoms with Crippen molar-refractivity contribution in [2.24, 2.45) is 0 Å². The second-order valence-electron chi connectivity index (χ2n) is 11.9. The molecule has 0 bridgehead atoms. The van der Waals surface area contributed by atoms with Gasteiger partial charge in [-0.05, 0) is 100 Å². The molecule has 2 aromatic carbocycles. The van der Waals surface area contributed by atoms with Crippen molar-refractivity contribution in [1.82, 2.24) is 9.97 Å². The molecule has 0 unspecified atom stereocenters. The summed E-state index contributed by atoms with van der Waals surface area (Å²) in [6.07, 6.45) is 6.98. The molecule has 5 heteroatoms. The average molecular weight is 509 g/mol. The summed E-state index contributed by atoms with van der Waals surface area (Å²) in [7, 11) is 0. The van der Waals surface area contributed by atoms with Crippen LogP contribution in [0.5, 0.6) is 5.75 Å². The van der Waals surface area contributed by atoms with E-state index in [-0.39, 0.29) is 5.78 Å². The SMILES string of the molecule is CC(=O)[C@@H](OC(C)(C)C)c1c(C)cc2nc(C3CCCC3)ccc2c1-c1ccc2c3c(ccnc13)CCO2. The molecule has 1 fully saturated rings. The van der Waals surface area contributed by atoms with E-state index < -0.39 is 11.7 Å². The molecule has 0 N–H and O–H groups in total. The first kappa shape index (κ1) is 25.0. The van der Waals surface area contributed by atoms with Gasteiger partial charge >= 0.3 is 0 Å². The van der Waals surface area contributed by atoms with Gasteiger partial charge in [0.15, 0.2) is 5.78 Å². The normalized spacial score (nSPS) is 16.7. The smallest absolute Gasteiger partial charge is 0.163 e. The second-order valence-corrected chi connectivity index (χ2v) is 11.9. The molecule has 0 spiro atoms. The Morgan fingerprint density at radius 2 is 1.89 bits per heavy atom. The van der Waals surface area contributed by atoms with Gasteiger partial charge in [-0.2, -0.15) is 0 Å². The number of ketones is 1. The summed E-state index contributed by atoms with van der Waals surface area (Å²) in [4.78, 5) is 23.2. The minimum absolute atomic E-state index is 0.0156. The molecule has 0 radical (unpaired) electrons. The third kappa shape index (κ3) is 4.37. The Hall–Kier alpha value is -3.31. The summed E-state index contributed by atoms with van der Waals surface area (Å²) in [6, 6.07) is 12.8. The highest BCUT2D eigenvalue weighted by Gasteiger charge is 2.31. The highest BCUT2D eigenvalue weighted by molar-refractivity contribution is 6.08. The molecule has 3 heterocycles. The van der Waals surface area contributed by atoms with Gasteiger partial charge in [-0.25, -0.2) is 0 Å². The number of ether oxygens (including phenoxy) is 2. The molecule has 1 atom stereocenters. The van der Waals surface area contributed by atoms with Gasteiger partial charge in [0.25, 0.3) is 0 Å². The van der Waals surface area contributed by atoms with Crippen LogP contribution in [-0.2, 0) is 16.0 Å². The summed E-state index contributed by atoms with van der Waals surface area (Å²) in [5.41, 5.74) is 7.64. The zero-order valence-corrected chi connectivity index (χ0v) is 23.1. The van der Waals surface area contributed by atoms with Crippen molar-refractivity contribution in [2.45, 2.75) is 84.3 Å². The topological polar surface area (TPSA) is 61.3 Å². The fourth-order valence-electron chi connectivity index (χ4n) is 6.32. The number of pyridine rings is 2. The third-order valence-corrected chi connectivity index (χ3v) is 7.98. The molecule has 6 rings (SSSR count). The number of fused-ring (bicyclic) bond motifs is 1. The minimum Gasteiger partial charge on any atom is -0.493 e. The van der Waals surface area contributed by atoms with Crippen molar-refractivity contribution < 1.29 is 14.3 Å². The molecular weight excluding hydrogens is 472 g/mol. The lowest BCUT2D eigenvalue weighted by molar-refractivity contribution is -0.138. The van der Waals surface area contributed by atoms with E-state index >= 15 is 0 Å². The highest BCUT2D eigenvalue weighted by atomic mass is 16.5. The molecule has 2 aliphatic rings. The zero-order chi connectivity index (χ0) is 26.6. The Morgan fingerprint density at radius 3 is 2.63 bits per heavy atom. The van der Waals surface area contributed by atoms with Crippen LogP contribution < -0.4 is 4.74 Å². The van der Waals surface area contributed by atoms with E-state index in [1.54, 1.807) is 6.92 Å². The first-order chi connectivity index (χ1) is 18.2. The van der Waals surface area contributed by atoms with E-state index in [0.29, 0.717) is 12.5 Å². The Balaban J connectivity index is 1.68. The van der Waals surface area contributed by atoms with Crippen molar-refractivity contribution in [3.05, 3.63) is 65.0 Å². The number of Topliss-reactive ketones (excluding diaryl/α,β-unsaturated/α-hetero) is 1. The van der Waals surface area contributed by atoms with Crippen LogP contribution in [0.1, 0.15) is 87.8 Å². The van der Waals surface area contributed by atoms with E-state index in [9.17, 15) is 4.79 Å². The number of aromatic nitrogens is 2. The van der Waals surface area contributed by atoms with Gasteiger partial charge in [0.05, 0.1) is 23.2 Å². The monoisotopic (exact) mass is 508 g/mol. The molecule has 196 valence electrons. The average Bonchev–Trinajstić information content (AvgIpc) is 3.42. The number of aryl methyl sites for hydroxylation is 1. The molecule has 4 aromatic rings. The number of carbonyl (C=O) groups excluding carboxylic acids is 1. The van der Waals surface area contributed by atoms with Crippen molar-refractivity contribution >= 4 is 27.6 Å². The molecule has 1 saturated carbocycles.